The lowest BCUT2D eigenvalue weighted by Gasteiger charge is -2.29. The SMILES string of the molecule is Cc1occc(=O)c1OCC(=O)N1CCOc2c(F)ccc(F)c21. The van der Waals surface area contributed by atoms with E-state index in [-0.39, 0.29) is 36.1 Å². The Morgan fingerprint density at radius 3 is 2.79 bits per heavy atom. The van der Waals surface area contributed by atoms with Crippen molar-refractivity contribution in [3.8, 4) is 11.5 Å². The van der Waals surface area contributed by atoms with Crippen LogP contribution in [0.1, 0.15) is 5.76 Å². The molecule has 0 fully saturated rings. The second kappa shape index (κ2) is 6.31. The predicted octanol–water partition coefficient (Wildman–Crippen LogP) is 2.03. The van der Waals surface area contributed by atoms with E-state index in [1.807, 2.05) is 0 Å². The Morgan fingerprint density at radius 1 is 1.29 bits per heavy atom. The normalized spacial score (nSPS) is 13.2. The third-order valence-electron chi connectivity index (χ3n) is 3.51. The minimum absolute atomic E-state index is 0.0195. The van der Waals surface area contributed by atoms with Gasteiger partial charge >= 0.3 is 0 Å². The molecule has 0 spiro atoms. The standard InChI is InChI=1S/C16H13F2NO5/c1-9-15(12(20)4-6-22-9)24-8-13(21)19-5-7-23-16-11(18)3-2-10(17)14(16)19/h2-4,6H,5,7-8H2,1H3. The number of nitrogens with zero attached hydrogens (tertiary/aromatic N) is 1. The summed E-state index contributed by atoms with van der Waals surface area (Å²) in [5.74, 6) is -2.37. The maximum absolute atomic E-state index is 14.0. The molecule has 3 rings (SSSR count). The molecule has 24 heavy (non-hydrogen) atoms. The van der Waals surface area contributed by atoms with Gasteiger partial charge in [0.2, 0.25) is 11.2 Å². The van der Waals surface area contributed by atoms with Gasteiger partial charge in [-0.2, -0.15) is 0 Å². The van der Waals surface area contributed by atoms with Crippen molar-refractivity contribution >= 4 is 11.6 Å². The molecule has 126 valence electrons. The number of halogens is 2. The van der Waals surface area contributed by atoms with Crippen LogP contribution >= 0.6 is 0 Å². The quantitative estimate of drug-likeness (QED) is 0.857. The van der Waals surface area contributed by atoms with E-state index in [9.17, 15) is 18.4 Å². The second-order valence-electron chi connectivity index (χ2n) is 5.06. The van der Waals surface area contributed by atoms with Gasteiger partial charge in [0.05, 0.1) is 12.8 Å². The molecule has 1 aromatic carbocycles. The Bertz CT molecular complexity index is 849. The Hall–Kier alpha value is -2.90. The lowest BCUT2D eigenvalue weighted by Crippen LogP contribution is -2.41. The molecule has 2 aromatic rings. The first-order chi connectivity index (χ1) is 11.5. The fourth-order valence-electron chi connectivity index (χ4n) is 2.40. The van der Waals surface area contributed by atoms with E-state index in [2.05, 4.69) is 0 Å². The molecule has 1 aliphatic heterocycles. The molecule has 0 saturated heterocycles. The van der Waals surface area contributed by atoms with Gasteiger partial charge in [-0.3, -0.25) is 9.59 Å². The number of fused-ring (bicyclic) bond motifs is 1. The van der Waals surface area contributed by atoms with Gasteiger partial charge in [-0.25, -0.2) is 8.78 Å². The predicted molar refractivity (Wildman–Crippen MR) is 79.4 cm³/mol. The average molecular weight is 337 g/mol. The van der Waals surface area contributed by atoms with E-state index in [1.54, 1.807) is 0 Å². The van der Waals surface area contributed by atoms with Crippen molar-refractivity contribution < 1.29 is 27.5 Å². The Kier molecular flexibility index (Phi) is 4.20. The van der Waals surface area contributed by atoms with E-state index in [0.29, 0.717) is 0 Å². The molecular formula is C16H13F2NO5. The number of aryl methyl sites for hydroxylation is 1. The van der Waals surface area contributed by atoms with E-state index >= 15 is 0 Å². The van der Waals surface area contributed by atoms with Gasteiger partial charge in [-0.05, 0) is 19.1 Å². The summed E-state index contributed by atoms with van der Waals surface area (Å²) >= 11 is 0. The van der Waals surface area contributed by atoms with Crippen molar-refractivity contribution in [1.82, 2.24) is 0 Å². The summed E-state index contributed by atoms with van der Waals surface area (Å²) in [5, 5.41) is 0. The third-order valence-corrected chi connectivity index (χ3v) is 3.51. The molecule has 0 aliphatic carbocycles. The first kappa shape index (κ1) is 16.0. The highest BCUT2D eigenvalue weighted by atomic mass is 19.1. The minimum Gasteiger partial charge on any atom is -0.486 e. The van der Waals surface area contributed by atoms with Gasteiger partial charge in [-0.1, -0.05) is 0 Å². The van der Waals surface area contributed by atoms with Crippen LogP contribution in [0, 0.1) is 18.6 Å². The summed E-state index contributed by atoms with van der Waals surface area (Å²) in [7, 11) is 0. The molecule has 0 saturated carbocycles. The highest BCUT2D eigenvalue weighted by Gasteiger charge is 2.30. The first-order valence-corrected chi connectivity index (χ1v) is 7.11. The van der Waals surface area contributed by atoms with Crippen LogP contribution in [-0.4, -0.2) is 25.7 Å². The summed E-state index contributed by atoms with van der Waals surface area (Å²) in [5.41, 5.74) is -0.710. The van der Waals surface area contributed by atoms with Gasteiger partial charge < -0.3 is 18.8 Å². The summed E-state index contributed by atoms with van der Waals surface area (Å²) in [6, 6.07) is 3.00. The number of carbonyl (C=O) groups excluding carboxylic acids is 1. The molecule has 0 N–H and O–H groups in total. The highest BCUT2D eigenvalue weighted by molar-refractivity contribution is 5.96. The van der Waals surface area contributed by atoms with Gasteiger partial charge in [-0.15, -0.1) is 0 Å². The number of ether oxygens (including phenoxy) is 2. The second-order valence-corrected chi connectivity index (χ2v) is 5.06. The Balaban J connectivity index is 1.83. The molecule has 1 aromatic heterocycles. The number of benzene rings is 1. The van der Waals surface area contributed by atoms with Crippen molar-refractivity contribution in [2.45, 2.75) is 6.92 Å². The lowest BCUT2D eigenvalue weighted by atomic mass is 10.2. The third kappa shape index (κ3) is 2.82. The number of rotatable bonds is 3. The molecule has 8 heteroatoms. The van der Waals surface area contributed by atoms with Crippen LogP contribution in [0.25, 0.3) is 0 Å². The molecule has 0 bridgehead atoms. The molecule has 1 aliphatic rings. The van der Waals surface area contributed by atoms with Gasteiger partial charge in [0.25, 0.3) is 5.91 Å². The minimum atomic E-state index is -0.783. The van der Waals surface area contributed by atoms with Crippen molar-refractivity contribution in [2.24, 2.45) is 0 Å². The summed E-state index contributed by atoms with van der Waals surface area (Å²) in [6.07, 6.45) is 1.21. The first-order valence-electron chi connectivity index (χ1n) is 7.11. The van der Waals surface area contributed by atoms with Gasteiger partial charge in [0.1, 0.15) is 18.1 Å². The summed E-state index contributed by atoms with van der Waals surface area (Å²) < 4.78 is 43.1. The monoisotopic (exact) mass is 337 g/mol. The smallest absolute Gasteiger partial charge is 0.265 e. The largest absolute Gasteiger partial charge is 0.486 e. The van der Waals surface area contributed by atoms with Crippen LogP contribution in [0.3, 0.4) is 0 Å². The van der Waals surface area contributed by atoms with Crippen molar-refractivity contribution in [1.29, 1.82) is 0 Å². The summed E-state index contributed by atoms with van der Waals surface area (Å²) in [6.45, 7) is 1.05. The zero-order chi connectivity index (χ0) is 17.3. The lowest BCUT2D eigenvalue weighted by molar-refractivity contribution is -0.120. The zero-order valence-electron chi connectivity index (χ0n) is 12.7. The maximum Gasteiger partial charge on any atom is 0.265 e. The highest BCUT2D eigenvalue weighted by Crippen LogP contribution is 2.36. The Labute approximate surface area is 135 Å². The molecule has 0 unspecified atom stereocenters. The van der Waals surface area contributed by atoms with E-state index in [1.165, 1.54) is 13.2 Å². The van der Waals surface area contributed by atoms with Crippen LogP contribution in [-0.2, 0) is 4.79 Å². The average Bonchev–Trinajstić information content (AvgIpc) is 2.57. The summed E-state index contributed by atoms with van der Waals surface area (Å²) in [4.78, 5) is 25.1. The number of amides is 1. The van der Waals surface area contributed by atoms with Crippen LogP contribution in [0.4, 0.5) is 14.5 Å². The van der Waals surface area contributed by atoms with Crippen LogP contribution in [0.5, 0.6) is 11.5 Å². The fraction of sp³-hybridized carbons (Fsp3) is 0.250. The van der Waals surface area contributed by atoms with Crippen LogP contribution in [0.15, 0.2) is 33.7 Å². The molecule has 1 amide bonds. The number of anilines is 1. The van der Waals surface area contributed by atoms with Crippen molar-refractivity contribution in [2.75, 3.05) is 24.7 Å². The molecule has 6 nitrogen and oxygen atoms in total. The fourth-order valence-corrected chi connectivity index (χ4v) is 2.40. The van der Waals surface area contributed by atoms with Crippen LogP contribution in [0.2, 0.25) is 0 Å². The van der Waals surface area contributed by atoms with E-state index in [4.69, 9.17) is 13.9 Å². The zero-order valence-corrected chi connectivity index (χ0v) is 12.7. The van der Waals surface area contributed by atoms with Crippen molar-refractivity contribution in [3.63, 3.8) is 0 Å². The number of carbonyl (C=O) groups is 1. The maximum atomic E-state index is 14.0. The number of hydrogen-bond donors (Lipinski definition) is 0. The molecular weight excluding hydrogens is 324 g/mol. The van der Waals surface area contributed by atoms with Crippen LogP contribution < -0.4 is 19.8 Å². The van der Waals surface area contributed by atoms with Gasteiger partial charge in [0, 0.05) is 6.07 Å². The van der Waals surface area contributed by atoms with E-state index < -0.39 is 29.6 Å². The number of hydrogen-bond acceptors (Lipinski definition) is 5. The Morgan fingerprint density at radius 2 is 2.04 bits per heavy atom. The van der Waals surface area contributed by atoms with Crippen molar-refractivity contribution in [3.05, 3.63) is 52.1 Å². The molecule has 2 heterocycles. The molecule has 0 atom stereocenters. The molecule has 0 radical (unpaired) electrons. The topological polar surface area (TPSA) is 69.0 Å². The van der Waals surface area contributed by atoms with E-state index in [0.717, 1.165) is 23.1 Å². The van der Waals surface area contributed by atoms with Gasteiger partial charge in [0.15, 0.2) is 24.0 Å².